The molecule has 10 nitrogen and oxygen atoms in total. The highest BCUT2D eigenvalue weighted by Crippen LogP contribution is 2.19. The first-order valence-corrected chi connectivity index (χ1v) is 10.8. The topological polar surface area (TPSA) is 148 Å². The maximum absolute atomic E-state index is 12.6. The maximum Gasteiger partial charge on any atom is 0.269 e. The van der Waals surface area contributed by atoms with Crippen LogP contribution in [-0.2, 0) is 10.0 Å². The Bertz CT molecular complexity index is 1280. The summed E-state index contributed by atoms with van der Waals surface area (Å²) < 4.78 is 27.6. The average molecular weight is 475 g/mol. The molecule has 0 aliphatic rings. The quantitative estimate of drug-likeness (QED) is 0.369. The second-order valence-corrected chi connectivity index (χ2v) is 8.47. The van der Waals surface area contributed by atoms with Crippen LogP contribution in [-0.4, -0.2) is 25.2 Å². The second kappa shape index (κ2) is 9.45. The number of nitrogens with zero attached hydrogens (tertiary/aromatic N) is 1. The third kappa shape index (κ3) is 5.59. The van der Waals surface area contributed by atoms with Crippen LogP contribution in [0.2, 0.25) is 5.02 Å². The van der Waals surface area contributed by atoms with Gasteiger partial charge >= 0.3 is 0 Å². The lowest BCUT2D eigenvalue weighted by atomic mass is 10.2. The molecule has 0 heterocycles. The van der Waals surface area contributed by atoms with E-state index in [0.29, 0.717) is 10.7 Å². The van der Waals surface area contributed by atoms with Crippen molar-refractivity contribution < 1.29 is 22.9 Å². The zero-order chi connectivity index (χ0) is 23.3. The number of carbonyl (C=O) groups is 2. The monoisotopic (exact) mass is 474 g/mol. The smallest absolute Gasteiger partial charge is 0.269 e. The minimum Gasteiger partial charge on any atom is -0.280 e. The molecule has 164 valence electrons. The number of halogens is 1. The maximum atomic E-state index is 12.6. The molecule has 2 amide bonds. The Kier molecular flexibility index (Phi) is 6.71. The molecule has 0 atom stereocenters. The summed E-state index contributed by atoms with van der Waals surface area (Å²) in [5, 5.41) is 11.1. The number of rotatable bonds is 6. The van der Waals surface area contributed by atoms with Gasteiger partial charge in [-0.3, -0.25) is 35.3 Å². The number of benzene rings is 3. The number of nitro groups is 1. The first kappa shape index (κ1) is 22.7. The molecule has 0 spiro atoms. The first-order valence-electron chi connectivity index (χ1n) is 8.89. The molecule has 0 aliphatic carbocycles. The zero-order valence-electron chi connectivity index (χ0n) is 16.1. The van der Waals surface area contributed by atoms with Gasteiger partial charge in [0.05, 0.1) is 9.82 Å². The molecule has 0 aromatic heterocycles. The molecular weight excluding hydrogens is 460 g/mol. The molecule has 3 N–H and O–H groups in total. The van der Waals surface area contributed by atoms with E-state index in [2.05, 4.69) is 15.6 Å². The minimum absolute atomic E-state index is 0.0204. The van der Waals surface area contributed by atoms with Crippen molar-refractivity contribution in [3.63, 3.8) is 0 Å². The molecule has 0 fully saturated rings. The van der Waals surface area contributed by atoms with Crippen LogP contribution in [0.3, 0.4) is 0 Å². The largest absolute Gasteiger partial charge is 0.280 e. The van der Waals surface area contributed by atoms with Gasteiger partial charge in [-0.05, 0) is 54.6 Å². The fourth-order valence-corrected chi connectivity index (χ4v) is 3.76. The van der Waals surface area contributed by atoms with E-state index in [1.165, 1.54) is 54.6 Å². The summed E-state index contributed by atoms with van der Waals surface area (Å²) >= 11 is 5.79. The van der Waals surface area contributed by atoms with Crippen LogP contribution in [0, 0.1) is 10.1 Å². The molecule has 3 aromatic rings. The Morgan fingerprint density at radius 2 is 1.44 bits per heavy atom. The summed E-state index contributed by atoms with van der Waals surface area (Å²) in [5.41, 5.74) is 4.50. The summed E-state index contributed by atoms with van der Waals surface area (Å²) in [4.78, 5) is 34.4. The van der Waals surface area contributed by atoms with E-state index >= 15 is 0 Å². The Labute approximate surface area is 187 Å². The number of hydrogen-bond acceptors (Lipinski definition) is 6. The van der Waals surface area contributed by atoms with Crippen molar-refractivity contribution in [1.82, 2.24) is 10.9 Å². The van der Waals surface area contributed by atoms with Crippen LogP contribution in [0.15, 0.2) is 77.7 Å². The number of sulfonamides is 1. The summed E-state index contributed by atoms with van der Waals surface area (Å²) in [6.45, 7) is 0. The van der Waals surface area contributed by atoms with E-state index < -0.39 is 26.8 Å². The molecular formula is C20H15ClN4O6S. The Balaban J connectivity index is 1.67. The van der Waals surface area contributed by atoms with Crippen LogP contribution in [0.25, 0.3) is 0 Å². The van der Waals surface area contributed by atoms with E-state index in [9.17, 15) is 28.1 Å². The standard InChI is InChI=1S/C20H15ClN4O6S/c21-15-6-8-16(9-7-15)24-32(30,31)18-3-1-2-14(12-18)20(27)23-22-19(26)13-4-10-17(11-5-13)25(28)29/h1-12,24H,(H,22,26)(H,23,27). The van der Waals surface area contributed by atoms with Gasteiger partial charge in [0.1, 0.15) is 0 Å². The van der Waals surface area contributed by atoms with Crippen LogP contribution in [0.5, 0.6) is 0 Å². The lowest BCUT2D eigenvalue weighted by Crippen LogP contribution is -2.41. The highest BCUT2D eigenvalue weighted by Gasteiger charge is 2.17. The molecule has 3 rings (SSSR count). The number of carbonyl (C=O) groups excluding carboxylic acids is 2. The highest BCUT2D eigenvalue weighted by molar-refractivity contribution is 7.92. The molecule has 3 aromatic carbocycles. The van der Waals surface area contributed by atoms with Gasteiger partial charge in [0.25, 0.3) is 27.5 Å². The van der Waals surface area contributed by atoms with Crippen LogP contribution in [0.4, 0.5) is 11.4 Å². The number of anilines is 1. The van der Waals surface area contributed by atoms with Gasteiger partial charge in [0.15, 0.2) is 0 Å². The van der Waals surface area contributed by atoms with Crippen molar-refractivity contribution in [2.45, 2.75) is 4.90 Å². The number of nitro benzene ring substituents is 1. The van der Waals surface area contributed by atoms with E-state index in [1.54, 1.807) is 0 Å². The minimum atomic E-state index is -3.98. The SMILES string of the molecule is O=C(NNC(=O)c1cccc(S(=O)(=O)Nc2ccc(Cl)cc2)c1)c1ccc([N+](=O)[O-])cc1. The predicted molar refractivity (Wildman–Crippen MR) is 117 cm³/mol. The lowest BCUT2D eigenvalue weighted by Gasteiger charge is -2.10. The van der Waals surface area contributed by atoms with Crippen molar-refractivity contribution in [3.05, 3.63) is 99.1 Å². The molecule has 0 aliphatic heterocycles. The fourth-order valence-electron chi connectivity index (χ4n) is 2.53. The van der Waals surface area contributed by atoms with Gasteiger partial charge in [-0.2, -0.15) is 0 Å². The van der Waals surface area contributed by atoms with Gasteiger partial charge in [0, 0.05) is 34.0 Å². The number of nitrogens with one attached hydrogen (secondary N) is 3. The average Bonchev–Trinajstić information content (AvgIpc) is 2.78. The molecule has 0 saturated carbocycles. The molecule has 0 bridgehead atoms. The Morgan fingerprint density at radius 3 is 2.03 bits per heavy atom. The number of non-ortho nitro benzene ring substituents is 1. The fraction of sp³-hybridized carbons (Fsp3) is 0. The first-order chi connectivity index (χ1) is 15.2. The van der Waals surface area contributed by atoms with Crippen molar-refractivity contribution in [1.29, 1.82) is 0 Å². The predicted octanol–water partition coefficient (Wildman–Crippen LogP) is 3.12. The number of hydrogen-bond donors (Lipinski definition) is 3. The molecule has 32 heavy (non-hydrogen) atoms. The van der Waals surface area contributed by atoms with E-state index in [-0.39, 0.29) is 21.7 Å². The van der Waals surface area contributed by atoms with Crippen LogP contribution in [0.1, 0.15) is 20.7 Å². The molecule has 0 radical (unpaired) electrons. The van der Waals surface area contributed by atoms with E-state index in [1.807, 2.05) is 0 Å². The van der Waals surface area contributed by atoms with Crippen LogP contribution < -0.4 is 15.6 Å². The normalized spacial score (nSPS) is 10.8. The summed E-state index contributed by atoms with van der Waals surface area (Å²) in [6, 6.07) is 16.0. The van der Waals surface area contributed by atoms with Gasteiger partial charge in [-0.15, -0.1) is 0 Å². The van der Waals surface area contributed by atoms with Crippen molar-refractivity contribution in [3.8, 4) is 0 Å². The van der Waals surface area contributed by atoms with Gasteiger partial charge < -0.3 is 0 Å². The Morgan fingerprint density at radius 1 is 0.844 bits per heavy atom. The summed E-state index contributed by atoms with van der Waals surface area (Å²) in [6.07, 6.45) is 0. The molecule has 0 unspecified atom stereocenters. The molecule has 12 heteroatoms. The van der Waals surface area contributed by atoms with Gasteiger partial charge in [-0.25, -0.2) is 8.42 Å². The number of amides is 2. The summed E-state index contributed by atoms with van der Waals surface area (Å²) in [7, 11) is -3.98. The van der Waals surface area contributed by atoms with Crippen molar-refractivity contribution in [2.75, 3.05) is 4.72 Å². The van der Waals surface area contributed by atoms with Gasteiger partial charge in [0.2, 0.25) is 0 Å². The third-order valence-corrected chi connectivity index (χ3v) is 5.76. The van der Waals surface area contributed by atoms with Crippen molar-refractivity contribution >= 4 is 44.8 Å². The lowest BCUT2D eigenvalue weighted by molar-refractivity contribution is -0.384. The third-order valence-electron chi connectivity index (χ3n) is 4.13. The Hall–Kier alpha value is -3.96. The highest BCUT2D eigenvalue weighted by atomic mass is 35.5. The van der Waals surface area contributed by atoms with Gasteiger partial charge in [-0.1, -0.05) is 17.7 Å². The summed E-state index contributed by atoms with van der Waals surface area (Å²) in [5.74, 6) is -1.47. The second-order valence-electron chi connectivity index (χ2n) is 6.35. The number of hydrazine groups is 1. The van der Waals surface area contributed by atoms with E-state index in [4.69, 9.17) is 11.6 Å². The zero-order valence-corrected chi connectivity index (χ0v) is 17.7. The van der Waals surface area contributed by atoms with Crippen molar-refractivity contribution in [2.24, 2.45) is 0 Å². The molecule has 0 saturated heterocycles. The van der Waals surface area contributed by atoms with Crippen LogP contribution >= 0.6 is 11.6 Å². The van der Waals surface area contributed by atoms with E-state index in [0.717, 1.165) is 18.2 Å².